The SMILES string of the molecule is CC(C1C[C@@H](C)CN(C)C1)[C@@H]1CCNC(C)(C)C1. The van der Waals surface area contributed by atoms with E-state index < -0.39 is 0 Å². The maximum Gasteiger partial charge on any atom is 0.0127 e. The highest BCUT2D eigenvalue weighted by molar-refractivity contribution is 4.91. The number of piperidine rings is 2. The summed E-state index contributed by atoms with van der Waals surface area (Å²) in [5, 5.41) is 3.65. The normalized spacial score (nSPS) is 39.5. The Labute approximate surface area is 114 Å². The Morgan fingerprint density at radius 3 is 2.56 bits per heavy atom. The highest BCUT2D eigenvalue weighted by atomic mass is 15.1. The molecule has 0 aromatic heterocycles. The van der Waals surface area contributed by atoms with E-state index in [2.05, 4.69) is 45.0 Å². The summed E-state index contributed by atoms with van der Waals surface area (Å²) in [6.07, 6.45) is 4.16. The predicted octanol–water partition coefficient (Wildman–Crippen LogP) is 2.99. The molecule has 106 valence electrons. The van der Waals surface area contributed by atoms with Gasteiger partial charge in [-0.3, -0.25) is 0 Å². The van der Waals surface area contributed by atoms with Crippen molar-refractivity contribution in [3.63, 3.8) is 0 Å². The van der Waals surface area contributed by atoms with Gasteiger partial charge in [-0.05, 0) is 70.4 Å². The van der Waals surface area contributed by atoms with Crippen LogP contribution in [0.2, 0.25) is 0 Å². The number of nitrogens with one attached hydrogen (secondary N) is 1. The lowest BCUT2D eigenvalue weighted by Crippen LogP contribution is -2.49. The zero-order chi connectivity index (χ0) is 13.3. The standard InChI is InChI=1S/C16H32N2/c1-12-8-15(11-18(5)10-12)13(2)14-6-7-17-16(3,4)9-14/h12-15,17H,6-11H2,1-5H3/t12-,13?,14-,15?/m1/s1. The van der Waals surface area contributed by atoms with Crippen molar-refractivity contribution in [2.24, 2.45) is 23.7 Å². The lowest BCUT2D eigenvalue weighted by Gasteiger charge is -2.44. The first-order chi connectivity index (χ1) is 8.37. The third-order valence-corrected chi connectivity index (χ3v) is 5.25. The first-order valence-corrected chi connectivity index (χ1v) is 7.81. The minimum atomic E-state index is 0.351. The smallest absolute Gasteiger partial charge is 0.0127 e. The van der Waals surface area contributed by atoms with Crippen molar-refractivity contribution in [1.82, 2.24) is 10.2 Å². The van der Waals surface area contributed by atoms with Gasteiger partial charge in [-0.2, -0.15) is 0 Å². The molecule has 2 nitrogen and oxygen atoms in total. The molecule has 0 aromatic rings. The topological polar surface area (TPSA) is 15.3 Å². The Hall–Kier alpha value is -0.0800. The van der Waals surface area contributed by atoms with Crippen molar-refractivity contribution >= 4 is 0 Å². The summed E-state index contributed by atoms with van der Waals surface area (Å²) in [6.45, 7) is 13.5. The Kier molecular flexibility index (Phi) is 4.38. The van der Waals surface area contributed by atoms with E-state index in [1.807, 2.05) is 0 Å². The van der Waals surface area contributed by atoms with Gasteiger partial charge in [0.15, 0.2) is 0 Å². The van der Waals surface area contributed by atoms with Crippen LogP contribution in [0.5, 0.6) is 0 Å². The molecule has 0 saturated carbocycles. The number of hydrogen-bond acceptors (Lipinski definition) is 2. The molecule has 2 fully saturated rings. The van der Waals surface area contributed by atoms with Gasteiger partial charge in [0.1, 0.15) is 0 Å². The molecule has 2 heteroatoms. The zero-order valence-corrected chi connectivity index (χ0v) is 13.0. The maximum atomic E-state index is 3.65. The monoisotopic (exact) mass is 252 g/mol. The van der Waals surface area contributed by atoms with Crippen LogP contribution in [0.3, 0.4) is 0 Å². The van der Waals surface area contributed by atoms with Crippen LogP contribution < -0.4 is 5.32 Å². The first-order valence-electron chi connectivity index (χ1n) is 7.81. The molecule has 2 rings (SSSR count). The van der Waals surface area contributed by atoms with Gasteiger partial charge < -0.3 is 10.2 Å². The fourth-order valence-corrected chi connectivity index (χ4v) is 4.31. The molecule has 1 N–H and O–H groups in total. The largest absolute Gasteiger partial charge is 0.312 e. The van der Waals surface area contributed by atoms with Gasteiger partial charge in [-0.15, -0.1) is 0 Å². The van der Waals surface area contributed by atoms with E-state index in [1.165, 1.54) is 38.9 Å². The van der Waals surface area contributed by atoms with Crippen molar-refractivity contribution in [2.75, 3.05) is 26.7 Å². The van der Waals surface area contributed by atoms with Crippen molar-refractivity contribution in [2.45, 2.75) is 52.5 Å². The second-order valence-electron chi connectivity index (χ2n) is 7.74. The average molecular weight is 252 g/mol. The van der Waals surface area contributed by atoms with E-state index in [1.54, 1.807) is 0 Å². The van der Waals surface area contributed by atoms with E-state index >= 15 is 0 Å². The fraction of sp³-hybridized carbons (Fsp3) is 1.00. The average Bonchev–Trinajstić information content (AvgIpc) is 2.25. The van der Waals surface area contributed by atoms with E-state index in [0.29, 0.717) is 5.54 Å². The van der Waals surface area contributed by atoms with Gasteiger partial charge in [0.2, 0.25) is 0 Å². The molecule has 0 amide bonds. The Bertz CT molecular complexity index is 262. The van der Waals surface area contributed by atoms with Crippen LogP contribution in [0.1, 0.15) is 47.0 Å². The summed E-state index contributed by atoms with van der Waals surface area (Å²) in [7, 11) is 2.29. The molecule has 0 spiro atoms. The first kappa shape index (κ1) is 14.3. The molecule has 18 heavy (non-hydrogen) atoms. The Morgan fingerprint density at radius 2 is 1.94 bits per heavy atom. The molecule has 4 atom stereocenters. The van der Waals surface area contributed by atoms with Crippen LogP contribution in [0.15, 0.2) is 0 Å². The second-order valence-corrected chi connectivity index (χ2v) is 7.74. The van der Waals surface area contributed by atoms with Gasteiger partial charge in [0.05, 0.1) is 0 Å². The molecular formula is C16H32N2. The fourth-order valence-electron chi connectivity index (χ4n) is 4.31. The summed E-state index contributed by atoms with van der Waals surface area (Å²) >= 11 is 0. The Balaban J connectivity index is 1.95. The number of nitrogens with zero attached hydrogens (tertiary/aromatic N) is 1. The van der Waals surface area contributed by atoms with Gasteiger partial charge in [-0.1, -0.05) is 13.8 Å². The van der Waals surface area contributed by atoms with Crippen molar-refractivity contribution in [3.8, 4) is 0 Å². The van der Waals surface area contributed by atoms with Crippen LogP contribution >= 0.6 is 0 Å². The van der Waals surface area contributed by atoms with Crippen LogP contribution in [-0.4, -0.2) is 37.1 Å². The second kappa shape index (κ2) is 5.50. The number of likely N-dealkylation sites (tertiary alicyclic amines) is 1. The van der Waals surface area contributed by atoms with E-state index in [-0.39, 0.29) is 0 Å². The molecule has 2 unspecified atom stereocenters. The van der Waals surface area contributed by atoms with E-state index in [4.69, 9.17) is 0 Å². The summed E-state index contributed by atoms with van der Waals surface area (Å²) in [4.78, 5) is 2.54. The summed E-state index contributed by atoms with van der Waals surface area (Å²) in [5.41, 5.74) is 0.351. The molecule has 0 aliphatic carbocycles. The molecule has 0 bridgehead atoms. The lowest BCUT2D eigenvalue weighted by molar-refractivity contribution is 0.0734. The molecule has 2 heterocycles. The molecule has 0 aromatic carbocycles. The van der Waals surface area contributed by atoms with Crippen molar-refractivity contribution in [3.05, 3.63) is 0 Å². The summed E-state index contributed by atoms with van der Waals surface area (Å²) in [5.74, 6) is 3.60. The van der Waals surface area contributed by atoms with Crippen LogP contribution in [0, 0.1) is 23.7 Å². The van der Waals surface area contributed by atoms with Gasteiger partial charge in [0.25, 0.3) is 0 Å². The number of hydrogen-bond donors (Lipinski definition) is 1. The summed E-state index contributed by atoms with van der Waals surface area (Å²) in [6, 6.07) is 0. The molecule has 0 radical (unpaired) electrons. The van der Waals surface area contributed by atoms with Crippen molar-refractivity contribution in [1.29, 1.82) is 0 Å². The highest BCUT2D eigenvalue weighted by Gasteiger charge is 2.35. The molecule has 2 saturated heterocycles. The Morgan fingerprint density at radius 1 is 1.22 bits per heavy atom. The van der Waals surface area contributed by atoms with Crippen LogP contribution in [-0.2, 0) is 0 Å². The summed E-state index contributed by atoms with van der Waals surface area (Å²) < 4.78 is 0. The third kappa shape index (κ3) is 3.48. The minimum Gasteiger partial charge on any atom is -0.312 e. The predicted molar refractivity (Wildman–Crippen MR) is 78.7 cm³/mol. The quantitative estimate of drug-likeness (QED) is 0.813. The maximum absolute atomic E-state index is 3.65. The minimum absolute atomic E-state index is 0.351. The van der Waals surface area contributed by atoms with Gasteiger partial charge in [0, 0.05) is 18.6 Å². The third-order valence-electron chi connectivity index (χ3n) is 5.25. The lowest BCUT2D eigenvalue weighted by atomic mass is 9.70. The molecule has 2 aliphatic rings. The van der Waals surface area contributed by atoms with Gasteiger partial charge >= 0.3 is 0 Å². The van der Waals surface area contributed by atoms with E-state index in [9.17, 15) is 0 Å². The van der Waals surface area contributed by atoms with Gasteiger partial charge in [-0.25, -0.2) is 0 Å². The highest BCUT2D eigenvalue weighted by Crippen LogP contribution is 2.37. The molecular weight excluding hydrogens is 220 g/mol. The number of rotatable bonds is 2. The van der Waals surface area contributed by atoms with Crippen LogP contribution in [0.25, 0.3) is 0 Å². The molecule has 2 aliphatic heterocycles. The van der Waals surface area contributed by atoms with E-state index in [0.717, 1.165) is 23.7 Å². The zero-order valence-electron chi connectivity index (χ0n) is 13.0. The van der Waals surface area contributed by atoms with Crippen molar-refractivity contribution < 1.29 is 0 Å². The van der Waals surface area contributed by atoms with Crippen LogP contribution in [0.4, 0.5) is 0 Å².